The first-order valence-electron chi connectivity index (χ1n) is 10.8. The Bertz CT molecular complexity index is 1210. The molecule has 0 aromatic heterocycles. The molecule has 0 radical (unpaired) electrons. The number of ether oxygens (including phenoxy) is 2. The quantitative estimate of drug-likeness (QED) is 0.367. The molecule has 2 aromatic rings. The van der Waals surface area contributed by atoms with Crippen LogP contribution in [0.3, 0.4) is 0 Å². The lowest BCUT2D eigenvalue weighted by Crippen LogP contribution is -2.28. The van der Waals surface area contributed by atoms with Gasteiger partial charge in [0.1, 0.15) is 6.61 Å². The number of fused-ring (bicyclic) bond motifs is 5. The minimum atomic E-state index is -1.00. The minimum absolute atomic E-state index is 0.123. The minimum Gasteiger partial charge on any atom is -0.493 e. The molecule has 1 aliphatic heterocycles. The lowest BCUT2D eigenvalue weighted by Gasteiger charge is -2.14. The summed E-state index contributed by atoms with van der Waals surface area (Å²) in [5.41, 5.74) is 1.48. The van der Waals surface area contributed by atoms with Gasteiger partial charge >= 0.3 is 5.97 Å². The third kappa shape index (κ3) is 3.74. The number of halogens is 1. The maximum Gasteiger partial charge on any atom is 0.335 e. The fraction of sp³-hybridized carbons (Fsp3) is 0.280. The van der Waals surface area contributed by atoms with Crippen molar-refractivity contribution < 1.29 is 29.0 Å². The predicted octanol–water partition coefficient (Wildman–Crippen LogP) is 3.77. The molecule has 5 rings (SSSR count). The summed E-state index contributed by atoms with van der Waals surface area (Å²) in [6.07, 6.45) is 6.35. The Labute approximate surface area is 200 Å². The fourth-order valence-corrected chi connectivity index (χ4v) is 5.25. The summed E-state index contributed by atoms with van der Waals surface area (Å²) in [5, 5.41) is 14.4. The molecule has 1 heterocycles. The molecule has 2 aliphatic carbocycles. The number of methoxy groups -OCH3 is 1. The number of hydrazone groups is 1. The molecular weight excluding hydrogens is 460 g/mol. The van der Waals surface area contributed by atoms with E-state index in [1.54, 1.807) is 24.3 Å². The number of rotatable bonds is 7. The van der Waals surface area contributed by atoms with E-state index in [9.17, 15) is 14.4 Å². The monoisotopic (exact) mass is 480 g/mol. The molecule has 4 atom stereocenters. The molecule has 9 heteroatoms. The zero-order valence-electron chi connectivity index (χ0n) is 18.2. The third-order valence-corrected chi connectivity index (χ3v) is 6.89. The first-order valence-corrected chi connectivity index (χ1v) is 11.2. The van der Waals surface area contributed by atoms with Crippen LogP contribution in [0.15, 0.2) is 53.7 Å². The van der Waals surface area contributed by atoms with E-state index in [0.29, 0.717) is 17.1 Å². The van der Waals surface area contributed by atoms with E-state index in [4.69, 9.17) is 26.2 Å². The molecule has 34 heavy (non-hydrogen) atoms. The molecule has 8 nitrogen and oxygen atoms in total. The second-order valence-electron chi connectivity index (χ2n) is 8.56. The number of carbonyl (C=O) groups excluding carboxylic acids is 2. The average Bonchev–Trinajstić information content (AvgIpc) is 3.51. The molecular formula is C25H21ClN2O6. The van der Waals surface area contributed by atoms with Gasteiger partial charge in [-0.25, -0.2) is 4.79 Å². The molecule has 1 saturated carbocycles. The summed E-state index contributed by atoms with van der Waals surface area (Å²) in [6, 6.07) is 9.56. The maximum absolute atomic E-state index is 12.8. The lowest BCUT2D eigenvalue weighted by molar-refractivity contribution is -0.140. The van der Waals surface area contributed by atoms with Gasteiger partial charge in [0.15, 0.2) is 11.5 Å². The summed E-state index contributed by atoms with van der Waals surface area (Å²) in [6.45, 7) is 0.152. The summed E-state index contributed by atoms with van der Waals surface area (Å²) >= 11 is 6.42. The van der Waals surface area contributed by atoms with Crippen molar-refractivity contribution in [1.29, 1.82) is 0 Å². The van der Waals surface area contributed by atoms with Gasteiger partial charge in [0.05, 0.1) is 35.7 Å². The van der Waals surface area contributed by atoms with Crippen molar-refractivity contribution in [3.63, 3.8) is 0 Å². The molecule has 3 aliphatic rings. The number of amides is 2. The van der Waals surface area contributed by atoms with Crippen molar-refractivity contribution in [2.45, 2.75) is 13.0 Å². The van der Waals surface area contributed by atoms with Crippen LogP contribution in [0.4, 0.5) is 0 Å². The van der Waals surface area contributed by atoms with E-state index >= 15 is 0 Å². The van der Waals surface area contributed by atoms with Crippen molar-refractivity contribution in [1.82, 2.24) is 5.01 Å². The van der Waals surface area contributed by atoms with Crippen molar-refractivity contribution in [2.24, 2.45) is 28.8 Å². The van der Waals surface area contributed by atoms with Crippen LogP contribution in [0.1, 0.15) is 27.9 Å². The highest BCUT2D eigenvalue weighted by atomic mass is 35.5. The smallest absolute Gasteiger partial charge is 0.335 e. The largest absolute Gasteiger partial charge is 0.493 e. The number of carboxylic acid groups (broad SMARTS) is 1. The zero-order chi connectivity index (χ0) is 24.0. The summed E-state index contributed by atoms with van der Waals surface area (Å²) < 4.78 is 11.2. The SMILES string of the molecule is COc1cc(C=NN2C(=O)C3C4C=CC(C4)C3C2=O)cc(Cl)c1OCc1ccc(C(=O)O)cc1. The highest BCUT2D eigenvalue weighted by Gasteiger charge is 2.59. The molecule has 0 spiro atoms. The van der Waals surface area contributed by atoms with Crippen molar-refractivity contribution in [2.75, 3.05) is 7.11 Å². The number of benzene rings is 2. The number of allylic oxidation sites excluding steroid dienone is 2. The van der Waals surface area contributed by atoms with Gasteiger partial charge in [0, 0.05) is 0 Å². The normalized spacial score (nSPS) is 24.8. The van der Waals surface area contributed by atoms with Gasteiger partial charge in [0.25, 0.3) is 11.8 Å². The standard InChI is InChI=1S/C25H21ClN2O6/c1-33-19-9-14(8-18(26)22(19)34-12-13-2-4-15(5-3-13)25(31)32)11-27-28-23(29)20-16-6-7-17(10-16)21(20)24(28)30/h2-9,11,16-17,20-21H,10,12H2,1H3,(H,31,32). The highest BCUT2D eigenvalue weighted by Crippen LogP contribution is 2.52. The number of carboxylic acids is 1. The van der Waals surface area contributed by atoms with Crippen LogP contribution in [0.2, 0.25) is 5.02 Å². The van der Waals surface area contributed by atoms with Gasteiger partial charge < -0.3 is 14.6 Å². The number of nitrogens with zero attached hydrogens (tertiary/aromatic N) is 2. The van der Waals surface area contributed by atoms with Crippen LogP contribution in [0.5, 0.6) is 11.5 Å². The van der Waals surface area contributed by atoms with Gasteiger partial charge in [-0.05, 0) is 53.6 Å². The number of hydrogen-bond donors (Lipinski definition) is 1. The number of carbonyl (C=O) groups is 3. The molecule has 2 bridgehead atoms. The van der Waals surface area contributed by atoms with Crippen LogP contribution in [-0.2, 0) is 16.2 Å². The first-order chi connectivity index (χ1) is 16.4. The van der Waals surface area contributed by atoms with Gasteiger partial charge in [0.2, 0.25) is 0 Å². The van der Waals surface area contributed by atoms with Gasteiger partial charge in [-0.3, -0.25) is 9.59 Å². The van der Waals surface area contributed by atoms with Crippen molar-refractivity contribution >= 4 is 35.6 Å². The van der Waals surface area contributed by atoms with Crippen LogP contribution >= 0.6 is 11.6 Å². The van der Waals surface area contributed by atoms with Crippen LogP contribution in [0, 0.1) is 23.7 Å². The van der Waals surface area contributed by atoms with E-state index in [0.717, 1.165) is 17.0 Å². The first kappa shape index (κ1) is 22.2. The molecule has 4 unspecified atom stereocenters. The average molecular weight is 481 g/mol. The van der Waals surface area contributed by atoms with Crippen LogP contribution in [0.25, 0.3) is 0 Å². The summed E-state index contributed by atoms with van der Waals surface area (Å²) in [7, 11) is 1.47. The van der Waals surface area contributed by atoms with Gasteiger partial charge in [-0.15, -0.1) is 0 Å². The topological polar surface area (TPSA) is 106 Å². The molecule has 2 amide bonds. The zero-order valence-corrected chi connectivity index (χ0v) is 18.9. The van der Waals surface area contributed by atoms with E-state index in [2.05, 4.69) is 5.10 Å². The predicted molar refractivity (Wildman–Crippen MR) is 123 cm³/mol. The Kier molecular flexibility index (Phi) is 5.61. The second kappa shape index (κ2) is 8.61. The molecule has 2 aromatic carbocycles. The van der Waals surface area contributed by atoms with Crippen molar-refractivity contribution in [3.05, 3.63) is 70.3 Å². The fourth-order valence-electron chi connectivity index (χ4n) is 4.98. The van der Waals surface area contributed by atoms with Crippen molar-refractivity contribution in [3.8, 4) is 11.5 Å². The second-order valence-corrected chi connectivity index (χ2v) is 8.96. The van der Waals surface area contributed by atoms with E-state index in [1.165, 1.54) is 25.5 Å². The summed E-state index contributed by atoms with van der Waals surface area (Å²) in [4.78, 5) is 36.6. The molecule has 174 valence electrons. The number of aromatic carboxylic acids is 1. The molecule has 2 fully saturated rings. The number of hydrogen-bond acceptors (Lipinski definition) is 6. The van der Waals surface area contributed by atoms with Gasteiger partial charge in [-0.2, -0.15) is 10.1 Å². The highest BCUT2D eigenvalue weighted by molar-refractivity contribution is 6.32. The lowest BCUT2D eigenvalue weighted by atomic mass is 9.85. The Morgan fingerprint density at radius 1 is 1.15 bits per heavy atom. The maximum atomic E-state index is 12.8. The Hall–Kier alpha value is -3.65. The summed E-state index contributed by atoms with van der Waals surface area (Å²) in [5.74, 6) is -1.21. The van der Waals surface area contributed by atoms with E-state index in [1.807, 2.05) is 12.2 Å². The third-order valence-electron chi connectivity index (χ3n) is 6.61. The van der Waals surface area contributed by atoms with Crippen LogP contribution in [-0.4, -0.2) is 41.2 Å². The molecule has 1 saturated heterocycles. The van der Waals surface area contributed by atoms with Gasteiger partial charge in [-0.1, -0.05) is 35.9 Å². The molecule has 1 N–H and O–H groups in total. The van der Waals surface area contributed by atoms with E-state index < -0.39 is 5.97 Å². The Morgan fingerprint density at radius 2 is 1.79 bits per heavy atom. The number of imide groups is 1. The Morgan fingerprint density at radius 3 is 2.38 bits per heavy atom. The van der Waals surface area contributed by atoms with Crippen LogP contribution < -0.4 is 9.47 Å². The Balaban J connectivity index is 1.31. The van der Waals surface area contributed by atoms with E-state index in [-0.39, 0.29) is 52.7 Å².